The zero-order valence-electron chi connectivity index (χ0n) is 12.3. The fourth-order valence-electron chi connectivity index (χ4n) is 1.70. The number of nitrogens with one attached hydrogen (secondary N) is 1. The molecule has 1 N–H and O–H groups in total. The van der Waals surface area contributed by atoms with E-state index < -0.39 is 0 Å². The molecule has 0 saturated heterocycles. The first kappa shape index (κ1) is 15.9. The Kier molecular flexibility index (Phi) is 5.33. The van der Waals surface area contributed by atoms with Crippen molar-refractivity contribution in [1.29, 1.82) is 0 Å². The fraction of sp³-hybridized carbons (Fsp3) is 0.462. The molecule has 2 aromatic rings. The predicted octanol–water partition coefficient (Wildman–Crippen LogP) is 1.84. The van der Waals surface area contributed by atoms with Gasteiger partial charge in [-0.05, 0) is 21.0 Å². The number of anilines is 1. The Morgan fingerprint density at radius 1 is 1.43 bits per heavy atom. The van der Waals surface area contributed by atoms with Gasteiger partial charge in [-0.15, -0.1) is 11.3 Å². The van der Waals surface area contributed by atoms with Crippen molar-refractivity contribution in [2.75, 3.05) is 26.0 Å². The molecule has 0 spiro atoms. The summed E-state index contributed by atoms with van der Waals surface area (Å²) in [5, 5.41) is 8.36. The third-order valence-electron chi connectivity index (χ3n) is 2.84. The molecular formula is C13H18ClN5OS. The van der Waals surface area contributed by atoms with E-state index in [0.29, 0.717) is 18.8 Å². The van der Waals surface area contributed by atoms with E-state index in [9.17, 15) is 4.79 Å². The van der Waals surface area contributed by atoms with Crippen LogP contribution in [0.15, 0.2) is 17.2 Å². The van der Waals surface area contributed by atoms with Gasteiger partial charge in [0, 0.05) is 17.6 Å². The maximum Gasteiger partial charge on any atom is 0.287 e. The van der Waals surface area contributed by atoms with Crippen LogP contribution < -0.4 is 10.9 Å². The van der Waals surface area contributed by atoms with Crippen molar-refractivity contribution in [1.82, 2.24) is 19.7 Å². The van der Waals surface area contributed by atoms with Gasteiger partial charge < -0.3 is 10.2 Å². The zero-order chi connectivity index (χ0) is 15.4. The Morgan fingerprint density at radius 2 is 2.19 bits per heavy atom. The minimum absolute atomic E-state index is 0.164. The summed E-state index contributed by atoms with van der Waals surface area (Å²) in [6.07, 6.45) is 3.40. The van der Waals surface area contributed by atoms with Crippen LogP contribution in [0.5, 0.6) is 0 Å². The van der Waals surface area contributed by atoms with Crippen molar-refractivity contribution in [3.8, 4) is 0 Å². The van der Waals surface area contributed by atoms with E-state index >= 15 is 0 Å². The standard InChI is InChI=1S/C13H18ClN5OS/c1-9-6-16-11(21-9)8-15-10-7-17-19(5-4-18(2)3)13(20)12(10)14/h6-7,15H,4-5,8H2,1-3H3. The molecule has 0 bridgehead atoms. The first-order valence-electron chi connectivity index (χ1n) is 6.53. The van der Waals surface area contributed by atoms with E-state index in [0.717, 1.165) is 16.4 Å². The van der Waals surface area contributed by atoms with Crippen LogP contribution in [-0.4, -0.2) is 40.3 Å². The van der Waals surface area contributed by atoms with E-state index in [1.54, 1.807) is 17.5 Å². The molecule has 0 aliphatic rings. The van der Waals surface area contributed by atoms with E-state index in [1.807, 2.05) is 32.1 Å². The number of hydrogen-bond donors (Lipinski definition) is 1. The van der Waals surface area contributed by atoms with Crippen molar-refractivity contribution in [3.05, 3.63) is 37.7 Å². The van der Waals surface area contributed by atoms with Gasteiger partial charge in [0.1, 0.15) is 10.0 Å². The van der Waals surface area contributed by atoms with Gasteiger partial charge in [-0.2, -0.15) is 5.10 Å². The predicted molar refractivity (Wildman–Crippen MR) is 86.2 cm³/mol. The highest BCUT2D eigenvalue weighted by Gasteiger charge is 2.10. The Hall–Kier alpha value is -1.44. The molecule has 0 aliphatic carbocycles. The van der Waals surface area contributed by atoms with Crippen LogP contribution in [0.3, 0.4) is 0 Å². The zero-order valence-corrected chi connectivity index (χ0v) is 13.8. The second-order valence-electron chi connectivity index (χ2n) is 4.92. The Bertz CT molecular complexity index is 667. The van der Waals surface area contributed by atoms with E-state index in [-0.39, 0.29) is 10.6 Å². The molecule has 2 heterocycles. The molecule has 6 nitrogen and oxygen atoms in total. The van der Waals surface area contributed by atoms with Gasteiger partial charge in [-0.3, -0.25) is 4.79 Å². The van der Waals surface area contributed by atoms with Crippen LogP contribution in [-0.2, 0) is 13.1 Å². The molecule has 2 aromatic heterocycles. The average molecular weight is 328 g/mol. The fourth-order valence-corrected chi connectivity index (χ4v) is 2.64. The second kappa shape index (κ2) is 7.02. The number of thiazole rings is 1. The second-order valence-corrected chi connectivity index (χ2v) is 6.62. The number of likely N-dealkylation sites (N-methyl/N-ethyl adjacent to an activating group) is 1. The largest absolute Gasteiger partial charge is 0.376 e. The highest BCUT2D eigenvalue weighted by molar-refractivity contribution is 7.11. The third kappa shape index (κ3) is 4.26. The third-order valence-corrected chi connectivity index (χ3v) is 4.12. The molecule has 0 unspecified atom stereocenters. The minimum Gasteiger partial charge on any atom is -0.376 e. The first-order chi connectivity index (χ1) is 9.97. The molecule has 0 atom stereocenters. The van der Waals surface area contributed by atoms with E-state index in [4.69, 9.17) is 11.6 Å². The van der Waals surface area contributed by atoms with Crippen LogP contribution >= 0.6 is 22.9 Å². The van der Waals surface area contributed by atoms with Crippen LogP contribution in [0.4, 0.5) is 5.69 Å². The summed E-state index contributed by atoms with van der Waals surface area (Å²) in [6.45, 7) is 3.77. The van der Waals surface area contributed by atoms with Crippen molar-refractivity contribution >= 4 is 28.6 Å². The maximum atomic E-state index is 12.1. The molecule has 0 aliphatic heterocycles. The first-order valence-corrected chi connectivity index (χ1v) is 7.72. The lowest BCUT2D eigenvalue weighted by Crippen LogP contribution is -2.29. The molecule has 21 heavy (non-hydrogen) atoms. The highest BCUT2D eigenvalue weighted by atomic mass is 35.5. The van der Waals surface area contributed by atoms with Gasteiger partial charge >= 0.3 is 0 Å². The molecule has 0 aromatic carbocycles. The van der Waals surface area contributed by atoms with Gasteiger partial charge in [-0.1, -0.05) is 11.6 Å². The number of aromatic nitrogens is 3. The van der Waals surface area contributed by atoms with Gasteiger partial charge in [0.25, 0.3) is 5.56 Å². The van der Waals surface area contributed by atoms with Crippen LogP contribution in [0, 0.1) is 6.92 Å². The number of halogens is 1. The van der Waals surface area contributed by atoms with Gasteiger partial charge in [0.05, 0.1) is 25.0 Å². The summed E-state index contributed by atoms with van der Waals surface area (Å²) in [5.74, 6) is 0. The normalized spacial score (nSPS) is 11.1. The summed E-state index contributed by atoms with van der Waals surface area (Å²) in [5.41, 5.74) is 0.259. The average Bonchev–Trinajstić information content (AvgIpc) is 2.85. The van der Waals surface area contributed by atoms with E-state index in [2.05, 4.69) is 15.4 Å². The quantitative estimate of drug-likeness (QED) is 0.877. The number of aryl methyl sites for hydroxylation is 1. The summed E-state index contributed by atoms with van der Waals surface area (Å²) < 4.78 is 1.38. The summed E-state index contributed by atoms with van der Waals surface area (Å²) >= 11 is 7.72. The molecule has 0 fully saturated rings. The lowest BCUT2D eigenvalue weighted by Gasteiger charge is -2.12. The Labute approximate surface area is 132 Å². The number of hydrogen-bond acceptors (Lipinski definition) is 6. The lowest BCUT2D eigenvalue weighted by molar-refractivity contribution is 0.367. The van der Waals surface area contributed by atoms with Crippen LogP contribution in [0.25, 0.3) is 0 Å². The van der Waals surface area contributed by atoms with Crippen molar-refractivity contribution in [2.24, 2.45) is 0 Å². The van der Waals surface area contributed by atoms with Gasteiger partial charge in [0.2, 0.25) is 0 Å². The Morgan fingerprint density at radius 3 is 2.81 bits per heavy atom. The highest BCUT2D eigenvalue weighted by Crippen LogP contribution is 2.18. The maximum absolute atomic E-state index is 12.1. The van der Waals surface area contributed by atoms with Gasteiger partial charge in [0.15, 0.2) is 0 Å². The van der Waals surface area contributed by atoms with Crippen molar-refractivity contribution in [2.45, 2.75) is 20.0 Å². The Balaban J connectivity index is 2.07. The number of nitrogens with zero attached hydrogens (tertiary/aromatic N) is 4. The molecule has 0 saturated carbocycles. The van der Waals surface area contributed by atoms with Crippen LogP contribution in [0.1, 0.15) is 9.88 Å². The lowest BCUT2D eigenvalue weighted by atomic mass is 10.4. The summed E-state index contributed by atoms with van der Waals surface area (Å²) in [6, 6.07) is 0. The summed E-state index contributed by atoms with van der Waals surface area (Å²) in [4.78, 5) is 19.5. The monoisotopic (exact) mass is 327 g/mol. The summed E-state index contributed by atoms with van der Waals surface area (Å²) in [7, 11) is 3.89. The van der Waals surface area contributed by atoms with Crippen molar-refractivity contribution in [3.63, 3.8) is 0 Å². The number of rotatable bonds is 6. The van der Waals surface area contributed by atoms with Gasteiger partial charge in [-0.25, -0.2) is 9.67 Å². The molecular weight excluding hydrogens is 310 g/mol. The van der Waals surface area contributed by atoms with E-state index in [1.165, 1.54) is 4.68 Å². The molecule has 0 radical (unpaired) electrons. The molecule has 114 valence electrons. The SMILES string of the molecule is Cc1cnc(CNc2cnn(CCN(C)C)c(=O)c2Cl)s1. The molecule has 8 heteroatoms. The molecule has 2 rings (SSSR count). The van der Waals surface area contributed by atoms with Crippen molar-refractivity contribution < 1.29 is 0 Å². The smallest absolute Gasteiger partial charge is 0.287 e. The topological polar surface area (TPSA) is 63.1 Å². The minimum atomic E-state index is -0.279. The molecule has 0 amide bonds. The van der Waals surface area contributed by atoms with Crippen LogP contribution in [0.2, 0.25) is 5.02 Å².